The SMILES string of the molecule is COc1ccc(C(=O)N2CCC3(CC2)OCCO3)c(OC)c1. The summed E-state index contributed by atoms with van der Waals surface area (Å²) in [5.74, 6) is 0.685. The normalized spacial score (nSPS) is 20.2. The number of carbonyl (C=O) groups excluding carboxylic acids is 1. The smallest absolute Gasteiger partial charge is 0.257 e. The molecular formula is C16H21NO5. The van der Waals surface area contributed by atoms with Crippen molar-refractivity contribution in [2.24, 2.45) is 0 Å². The molecule has 0 atom stereocenters. The van der Waals surface area contributed by atoms with Crippen molar-refractivity contribution in [1.29, 1.82) is 0 Å². The van der Waals surface area contributed by atoms with Crippen LogP contribution in [0.3, 0.4) is 0 Å². The standard InChI is InChI=1S/C16H21NO5/c1-19-12-3-4-13(14(11-12)20-2)15(18)17-7-5-16(6-8-17)21-9-10-22-16/h3-4,11H,5-10H2,1-2H3. The lowest BCUT2D eigenvalue weighted by molar-refractivity contribution is -0.181. The minimum Gasteiger partial charge on any atom is -0.497 e. The minimum absolute atomic E-state index is 0.0349. The first kappa shape index (κ1) is 15.1. The number of methoxy groups -OCH3 is 2. The first-order valence-corrected chi connectivity index (χ1v) is 7.47. The number of carbonyl (C=O) groups is 1. The number of ether oxygens (including phenoxy) is 4. The highest BCUT2D eigenvalue weighted by molar-refractivity contribution is 5.97. The summed E-state index contributed by atoms with van der Waals surface area (Å²) in [6, 6.07) is 5.24. The molecule has 0 radical (unpaired) electrons. The van der Waals surface area contributed by atoms with Crippen LogP contribution in [-0.2, 0) is 9.47 Å². The number of nitrogens with zero attached hydrogens (tertiary/aromatic N) is 1. The molecule has 0 aliphatic carbocycles. The van der Waals surface area contributed by atoms with Gasteiger partial charge >= 0.3 is 0 Å². The molecule has 2 aliphatic heterocycles. The van der Waals surface area contributed by atoms with Gasteiger partial charge in [0, 0.05) is 32.0 Å². The molecule has 1 amide bonds. The molecule has 3 rings (SSSR count). The van der Waals surface area contributed by atoms with Crippen molar-refractivity contribution in [1.82, 2.24) is 4.90 Å². The molecule has 6 nitrogen and oxygen atoms in total. The Morgan fingerprint density at radius 3 is 2.41 bits per heavy atom. The van der Waals surface area contributed by atoms with Gasteiger partial charge in [-0.1, -0.05) is 0 Å². The van der Waals surface area contributed by atoms with Crippen molar-refractivity contribution < 1.29 is 23.7 Å². The van der Waals surface area contributed by atoms with E-state index in [1.54, 1.807) is 32.4 Å². The maximum atomic E-state index is 12.7. The first-order valence-electron chi connectivity index (χ1n) is 7.47. The summed E-state index contributed by atoms with van der Waals surface area (Å²) in [5.41, 5.74) is 0.549. The zero-order valence-corrected chi connectivity index (χ0v) is 13.0. The van der Waals surface area contributed by atoms with Gasteiger partial charge in [-0.3, -0.25) is 4.79 Å². The van der Waals surface area contributed by atoms with Crippen LogP contribution in [-0.4, -0.2) is 57.1 Å². The van der Waals surface area contributed by atoms with Crippen LogP contribution in [0.25, 0.3) is 0 Å². The molecule has 6 heteroatoms. The van der Waals surface area contributed by atoms with Crippen LogP contribution in [0.15, 0.2) is 18.2 Å². The summed E-state index contributed by atoms with van der Waals surface area (Å²) >= 11 is 0. The zero-order valence-electron chi connectivity index (χ0n) is 13.0. The fraction of sp³-hybridized carbons (Fsp3) is 0.562. The van der Waals surface area contributed by atoms with E-state index in [2.05, 4.69) is 0 Å². The summed E-state index contributed by atoms with van der Waals surface area (Å²) in [4.78, 5) is 14.5. The Morgan fingerprint density at radius 1 is 1.14 bits per heavy atom. The Hall–Kier alpha value is -1.79. The molecule has 2 heterocycles. The van der Waals surface area contributed by atoms with E-state index in [1.165, 1.54) is 0 Å². The highest BCUT2D eigenvalue weighted by Gasteiger charge is 2.41. The van der Waals surface area contributed by atoms with Gasteiger partial charge in [0.1, 0.15) is 11.5 Å². The lowest BCUT2D eigenvalue weighted by Crippen LogP contribution is -2.47. The lowest BCUT2D eigenvalue weighted by Gasteiger charge is -2.37. The third-order valence-electron chi connectivity index (χ3n) is 4.27. The second-order valence-corrected chi connectivity index (χ2v) is 5.47. The Kier molecular flexibility index (Phi) is 4.22. The fourth-order valence-electron chi connectivity index (χ4n) is 2.98. The maximum absolute atomic E-state index is 12.7. The van der Waals surface area contributed by atoms with Crippen molar-refractivity contribution in [3.63, 3.8) is 0 Å². The summed E-state index contributed by atoms with van der Waals surface area (Å²) in [6.45, 7) is 2.52. The van der Waals surface area contributed by atoms with Gasteiger partial charge < -0.3 is 23.8 Å². The van der Waals surface area contributed by atoms with Gasteiger partial charge in [-0.05, 0) is 12.1 Å². The van der Waals surface area contributed by atoms with Crippen LogP contribution >= 0.6 is 0 Å². The van der Waals surface area contributed by atoms with E-state index in [4.69, 9.17) is 18.9 Å². The molecule has 1 spiro atoms. The van der Waals surface area contributed by atoms with E-state index in [9.17, 15) is 4.79 Å². The van der Waals surface area contributed by atoms with E-state index >= 15 is 0 Å². The first-order chi connectivity index (χ1) is 10.7. The number of hydrogen-bond acceptors (Lipinski definition) is 5. The maximum Gasteiger partial charge on any atom is 0.257 e. The molecular weight excluding hydrogens is 286 g/mol. The summed E-state index contributed by atoms with van der Waals surface area (Å²) < 4.78 is 21.9. The number of likely N-dealkylation sites (tertiary alicyclic amines) is 1. The van der Waals surface area contributed by atoms with E-state index in [1.807, 2.05) is 4.90 Å². The van der Waals surface area contributed by atoms with E-state index in [0.29, 0.717) is 56.2 Å². The average Bonchev–Trinajstić information content (AvgIpc) is 3.02. The van der Waals surface area contributed by atoms with E-state index in [0.717, 1.165) is 0 Å². The average molecular weight is 307 g/mol. The minimum atomic E-state index is -0.471. The predicted octanol–water partition coefficient (Wildman–Crippen LogP) is 1.68. The molecule has 0 unspecified atom stereocenters. The van der Waals surface area contributed by atoms with Crippen LogP contribution in [0, 0.1) is 0 Å². The molecule has 1 aromatic carbocycles. The van der Waals surface area contributed by atoms with Crippen LogP contribution < -0.4 is 9.47 Å². The fourth-order valence-corrected chi connectivity index (χ4v) is 2.98. The molecule has 0 aromatic heterocycles. The van der Waals surface area contributed by atoms with Crippen molar-refractivity contribution >= 4 is 5.91 Å². The van der Waals surface area contributed by atoms with Crippen LogP contribution in [0.5, 0.6) is 11.5 Å². The highest BCUT2D eigenvalue weighted by Crippen LogP contribution is 2.33. The summed E-state index contributed by atoms with van der Waals surface area (Å²) in [7, 11) is 3.14. The molecule has 1 aromatic rings. The Labute approximate surface area is 129 Å². The third kappa shape index (κ3) is 2.76. The van der Waals surface area contributed by atoms with Crippen molar-refractivity contribution in [2.45, 2.75) is 18.6 Å². The third-order valence-corrected chi connectivity index (χ3v) is 4.27. The number of amides is 1. The van der Waals surface area contributed by atoms with Gasteiger partial charge in [0.15, 0.2) is 5.79 Å². The Bertz CT molecular complexity index is 543. The van der Waals surface area contributed by atoms with E-state index < -0.39 is 5.79 Å². The molecule has 22 heavy (non-hydrogen) atoms. The lowest BCUT2D eigenvalue weighted by atomic mass is 10.0. The monoisotopic (exact) mass is 307 g/mol. The van der Waals surface area contributed by atoms with Gasteiger partial charge in [-0.2, -0.15) is 0 Å². The van der Waals surface area contributed by atoms with Crippen molar-refractivity contribution in [3.8, 4) is 11.5 Å². The van der Waals surface area contributed by atoms with Crippen molar-refractivity contribution in [2.75, 3.05) is 40.5 Å². The molecule has 0 bridgehead atoms. The molecule has 2 saturated heterocycles. The highest BCUT2D eigenvalue weighted by atomic mass is 16.7. The largest absolute Gasteiger partial charge is 0.497 e. The van der Waals surface area contributed by atoms with Gasteiger partial charge in [0.2, 0.25) is 0 Å². The number of hydrogen-bond donors (Lipinski definition) is 0. The predicted molar refractivity (Wildman–Crippen MR) is 79.3 cm³/mol. The zero-order chi connectivity index (χ0) is 15.6. The van der Waals surface area contributed by atoms with Gasteiger partial charge in [0.25, 0.3) is 5.91 Å². The second-order valence-electron chi connectivity index (χ2n) is 5.47. The number of rotatable bonds is 3. The Balaban J connectivity index is 1.72. The molecule has 0 saturated carbocycles. The molecule has 0 N–H and O–H groups in total. The quantitative estimate of drug-likeness (QED) is 0.850. The van der Waals surface area contributed by atoms with Crippen molar-refractivity contribution in [3.05, 3.63) is 23.8 Å². The summed E-state index contributed by atoms with van der Waals surface area (Å²) in [6.07, 6.45) is 1.41. The number of benzene rings is 1. The van der Waals surface area contributed by atoms with Crippen LogP contribution in [0.4, 0.5) is 0 Å². The second kappa shape index (κ2) is 6.14. The van der Waals surface area contributed by atoms with Gasteiger partial charge in [0.05, 0.1) is 33.0 Å². The molecule has 120 valence electrons. The van der Waals surface area contributed by atoms with Crippen LogP contribution in [0.1, 0.15) is 23.2 Å². The molecule has 2 aliphatic rings. The van der Waals surface area contributed by atoms with Gasteiger partial charge in [-0.15, -0.1) is 0 Å². The van der Waals surface area contributed by atoms with Gasteiger partial charge in [-0.25, -0.2) is 0 Å². The Morgan fingerprint density at radius 2 is 1.82 bits per heavy atom. The molecule has 2 fully saturated rings. The van der Waals surface area contributed by atoms with E-state index in [-0.39, 0.29) is 5.91 Å². The summed E-state index contributed by atoms with van der Waals surface area (Å²) in [5, 5.41) is 0. The topological polar surface area (TPSA) is 57.2 Å². The van der Waals surface area contributed by atoms with Crippen LogP contribution in [0.2, 0.25) is 0 Å². The number of piperidine rings is 1.